The second kappa shape index (κ2) is 7.61. The molecule has 5 N–H and O–H groups in total. The van der Waals surface area contributed by atoms with E-state index in [4.69, 9.17) is 20.9 Å². The maximum atomic E-state index is 14.8. The van der Waals surface area contributed by atoms with Gasteiger partial charge in [0, 0.05) is 17.7 Å². The highest BCUT2D eigenvalue weighted by atomic mass is 19.1. The monoisotopic (exact) mass is 434 g/mol. The van der Waals surface area contributed by atoms with Crippen molar-refractivity contribution in [2.45, 2.75) is 24.5 Å². The molecule has 31 heavy (non-hydrogen) atoms. The number of rotatable bonds is 5. The average Bonchev–Trinajstić information content (AvgIpc) is 2.68. The molecule has 0 unspecified atom stereocenters. The number of hydrogen-bond donors (Lipinski definition) is 3. The summed E-state index contributed by atoms with van der Waals surface area (Å²) in [6.45, 7) is 1.29. The van der Waals surface area contributed by atoms with E-state index < -0.39 is 29.7 Å². The van der Waals surface area contributed by atoms with Gasteiger partial charge in [0.1, 0.15) is 5.82 Å². The van der Waals surface area contributed by atoms with Gasteiger partial charge >= 0.3 is 0 Å². The molecule has 1 aromatic carbocycles. The number of carbonyl (C=O) groups excluding carboxylic acids is 1. The Morgan fingerprint density at radius 2 is 2.13 bits per heavy atom. The lowest BCUT2D eigenvalue weighted by atomic mass is 9.78. The summed E-state index contributed by atoms with van der Waals surface area (Å²) in [5, 5.41) is 2.60. The smallest absolute Gasteiger partial charge is 0.283 e. The lowest BCUT2D eigenvalue weighted by Crippen LogP contribution is -2.59. The fourth-order valence-corrected chi connectivity index (χ4v) is 3.73. The molecule has 10 nitrogen and oxygen atoms in total. The molecule has 3 heterocycles. The van der Waals surface area contributed by atoms with Gasteiger partial charge in [-0.15, -0.1) is 0 Å². The lowest BCUT2D eigenvalue weighted by molar-refractivity contribution is -0.187. The summed E-state index contributed by atoms with van der Waals surface area (Å²) in [5.74, 6) is -1.59. The van der Waals surface area contributed by atoms with Gasteiger partial charge in [0.15, 0.2) is 17.1 Å². The summed E-state index contributed by atoms with van der Waals surface area (Å²) < 4.78 is 42.4. The van der Waals surface area contributed by atoms with Crippen molar-refractivity contribution >= 4 is 23.4 Å². The zero-order valence-electron chi connectivity index (χ0n) is 16.5. The van der Waals surface area contributed by atoms with Crippen LogP contribution in [0.4, 0.5) is 20.3 Å². The minimum atomic E-state index is -1.11. The molecule has 1 fully saturated rings. The quantitative estimate of drug-likeness (QED) is 0.641. The van der Waals surface area contributed by atoms with E-state index in [-0.39, 0.29) is 34.7 Å². The minimum Gasteiger partial charge on any atom is -0.454 e. The van der Waals surface area contributed by atoms with Gasteiger partial charge in [0.2, 0.25) is 12.7 Å². The fraction of sp³-hybridized carbons (Fsp3) is 0.368. The molecule has 1 amide bonds. The maximum Gasteiger partial charge on any atom is 0.283 e. The van der Waals surface area contributed by atoms with Gasteiger partial charge in [0.05, 0.1) is 24.9 Å². The Labute approximate surface area is 175 Å². The average molecular weight is 434 g/mol. The van der Waals surface area contributed by atoms with Crippen LogP contribution in [0.1, 0.15) is 29.4 Å². The molecule has 12 heteroatoms. The van der Waals surface area contributed by atoms with Gasteiger partial charge < -0.3 is 31.0 Å². The number of amides is 1. The summed E-state index contributed by atoms with van der Waals surface area (Å²) in [6.07, 6.45) is 1.42. The molecule has 1 saturated heterocycles. The van der Waals surface area contributed by atoms with E-state index in [2.05, 4.69) is 25.0 Å². The van der Waals surface area contributed by atoms with E-state index in [1.165, 1.54) is 18.2 Å². The maximum absolute atomic E-state index is 14.8. The molecule has 2 aromatic rings. The lowest BCUT2D eigenvalue weighted by Gasteiger charge is -2.48. The number of amidine groups is 1. The zero-order chi connectivity index (χ0) is 22.2. The summed E-state index contributed by atoms with van der Waals surface area (Å²) in [7, 11) is 0. The number of halogens is 2. The topological polar surface area (TPSA) is 147 Å². The summed E-state index contributed by atoms with van der Waals surface area (Å²) in [5.41, 5.74) is 10.2. The van der Waals surface area contributed by atoms with E-state index in [9.17, 15) is 13.6 Å². The van der Waals surface area contributed by atoms with Crippen LogP contribution >= 0.6 is 0 Å². The van der Waals surface area contributed by atoms with Crippen molar-refractivity contribution in [1.82, 2.24) is 9.97 Å². The van der Waals surface area contributed by atoms with E-state index in [0.717, 1.165) is 6.20 Å². The van der Waals surface area contributed by atoms with Crippen LogP contribution in [0.2, 0.25) is 0 Å². The Kier molecular flexibility index (Phi) is 5.09. The number of carbonyl (C=O) groups is 1. The third-order valence-electron chi connectivity index (χ3n) is 5.07. The molecular formula is C19H20F2N6O4. The number of alkyl halides is 1. The van der Waals surface area contributed by atoms with Crippen molar-refractivity contribution in [2.75, 3.05) is 31.1 Å². The van der Waals surface area contributed by atoms with Crippen molar-refractivity contribution in [3.63, 3.8) is 0 Å². The standard InChI is InChI=1S/C19H20F2N6O4/c1-18(6-19(7-29-8-19)31-17(23)27-18)11-4-10(2-3-12(11)21)25-16(28)14-15(22)26-13(5-24-14)30-9-20/h2-5H,6-9H2,1H3,(H2,22,26)(H2,23,27)(H,25,28)/t18-/m0/s1. The molecular weight excluding hydrogens is 414 g/mol. The number of nitrogen functional groups attached to an aromatic ring is 1. The van der Waals surface area contributed by atoms with Gasteiger partial charge in [-0.05, 0) is 25.1 Å². The van der Waals surface area contributed by atoms with E-state index >= 15 is 0 Å². The summed E-state index contributed by atoms with van der Waals surface area (Å²) in [4.78, 5) is 24.5. The minimum absolute atomic E-state index is 0.0514. The summed E-state index contributed by atoms with van der Waals surface area (Å²) in [6, 6.07) is 4.02. The molecule has 0 radical (unpaired) electrons. The Bertz CT molecular complexity index is 1060. The van der Waals surface area contributed by atoms with Crippen LogP contribution in [0.5, 0.6) is 5.88 Å². The highest BCUT2D eigenvalue weighted by Gasteiger charge is 2.51. The number of nitrogens with zero attached hydrogens (tertiary/aromatic N) is 3. The SMILES string of the molecule is C[C@@]1(c2cc(NC(=O)c3ncc(OCF)nc3N)ccc2F)CC2(COC2)OC(N)=N1. The highest BCUT2D eigenvalue weighted by molar-refractivity contribution is 6.05. The van der Waals surface area contributed by atoms with Crippen molar-refractivity contribution < 1.29 is 27.8 Å². The first-order valence-electron chi connectivity index (χ1n) is 9.28. The Hall–Kier alpha value is -3.54. The highest BCUT2D eigenvalue weighted by Crippen LogP contribution is 2.43. The second-order valence-corrected chi connectivity index (χ2v) is 7.52. The van der Waals surface area contributed by atoms with Crippen molar-refractivity contribution in [3.05, 3.63) is 41.5 Å². The van der Waals surface area contributed by atoms with Crippen LogP contribution in [0.25, 0.3) is 0 Å². The van der Waals surface area contributed by atoms with Crippen LogP contribution in [0.3, 0.4) is 0 Å². The number of benzene rings is 1. The zero-order valence-corrected chi connectivity index (χ0v) is 16.5. The predicted molar refractivity (Wildman–Crippen MR) is 106 cm³/mol. The molecule has 0 bridgehead atoms. The number of hydrogen-bond acceptors (Lipinski definition) is 9. The molecule has 4 rings (SSSR count). The molecule has 1 spiro atoms. The third-order valence-corrected chi connectivity index (χ3v) is 5.07. The van der Waals surface area contributed by atoms with Crippen LogP contribution in [-0.2, 0) is 15.0 Å². The molecule has 1 atom stereocenters. The first kappa shape index (κ1) is 20.7. The number of aliphatic imine (C=N–C) groups is 1. The molecule has 2 aliphatic rings. The van der Waals surface area contributed by atoms with Crippen LogP contribution in [0, 0.1) is 5.82 Å². The Morgan fingerprint density at radius 1 is 1.35 bits per heavy atom. The number of nitrogens with two attached hydrogens (primary N) is 2. The van der Waals surface area contributed by atoms with E-state index in [0.29, 0.717) is 19.6 Å². The van der Waals surface area contributed by atoms with Gasteiger partial charge in [-0.25, -0.2) is 18.8 Å². The fourth-order valence-electron chi connectivity index (χ4n) is 3.73. The predicted octanol–water partition coefficient (Wildman–Crippen LogP) is 1.48. The van der Waals surface area contributed by atoms with E-state index in [1.807, 2.05) is 0 Å². The Balaban J connectivity index is 1.60. The van der Waals surface area contributed by atoms with Gasteiger partial charge in [-0.2, -0.15) is 4.98 Å². The van der Waals surface area contributed by atoms with Crippen LogP contribution in [0.15, 0.2) is 29.4 Å². The third kappa shape index (κ3) is 3.93. The molecule has 0 saturated carbocycles. The molecule has 2 aliphatic heterocycles. The van der Waals surface area contributed by atoms with Crippen molar-refractivity contribution in [1.29, 1.82) is 0 Å². The van der Waals surface area contributed by atoms with Crippen LogP contribution < -0.4 is 21.5 Å². The summed E-state index contributed by atoms with van der Waals surface area (Å²) >= 11 is 0. The van der Waals surface area contributed by atoms with Gasteiger partial charge in [-0.1, -0.05) is 0 Å². The first-order chi connectivity index (χ1) is 14.7. The van der Waals surface area contributed by atoms with Crippen molar-refractivity contribution in [2.24, 2.45) is 10.7 Å². The number of aromatic nitrogens is 2. The van der Waals surface area contributed by atoms with E-state index in [1.54, 1.807) is 6.92 Å². The second-order valence-electron chi connectivity index (χ2n) is 7.52. The van der Waals surface area contributed by atoms with Gasteiger partial charge in [0.25, 0.3) is 11.9 Å². The van der Waals surface area contributed by atoms with Gasteiger partial charge in [-0.3, -0.25) is 4.79 Å². The number of anilines is 2. The first-order valence-corrected chi connectivity index (χ1v) is 9.28. The van der Waals surface area contributed by atoms with Crippen molar-refractivity contribution in [3.8, 4) is 5.88 Å². The molecule has 0 aliphatic carbocycles. The normalized spacial score (nSPS) is 21.6. The Morgan fingerprint density at radius 3 is 2.77 bits per heavy atom. The molecule has 1 aromatic heterocycles. The number of ether oxygens (including phenoxy) is 3. The largest absolute Gasteiger partial charge is 0.454 e. The molecule has 164 valence electrons. The number of nitrogens with one attached hydrogen (secondary N) is 1. The van der Waals surface area contributed by atoms with Crippen LogP contribution in [-0.4, -0.2) is 47.6 Å².